The van der Waals surface area contributed by atoms with Gasteiger partial charge < -0.3 is 4.98 Å². The summed E-state index contributed by atoms with van der Waals surface area (Å²) >= 11 is 0. The standard InChI is InChI=1S/C16H21NO/c1-5-12-7-9-14(17-12)15-13(10(2)3)8-6-11(4)16(15)18/h6-7,9,13,15,17H,2,5,8H2,1,3-4H3/t13-,15+/m1/s1. The zero-order valence-corrected chi connectivity index (χ0v) is 11.4. The van der Waals surface area contributed by atoms with Crippen LogP contribution in [0.3, 0.4) is 0 Å². The zero-order chi connectivity index (χ0) is 13.3. The third kappa shape index (κ3) is 2.20. The van der Waals surface area contributed by atoms with E-state index in [9.17, 15) is 4.79 Å². The maximum absolute atomic E-state index is 12.4. The predicted molar refractivity (Wildman–Crippen MR) is 74.6 cm³/mol. The van der Waals surface area contributed by atoms with Crippen LogP contribution in [0, 0.1) is 5.92 Å². The first kappa shape index (κ1) is 12.9. The molecule has 1 aromatic heterocycles. The SMILES string of the molecule is C=C(C)[C@H]1CC=C(C)C(=O)[C@@H]1c1ccc(CC)[nH]1. The Hall–Kier alpha value is -1.57. The van der Waals surface area contributed by atoms with Crippen molar-refractivity contribution >= 4 is 5.78 Å². The molecule has 0 spiro atoms. The van der Waals surface area contributed by atoms with Crippen LogP contribution in [0.4, 0.5) is 0 Å². The number of carbonyl (C=O) groups is 1. The van der Waals surface area contributed by atoms with Gasteiger partial charge in [-0.05, 0) is 50.3 Å². The van der Waals surface area contributed by atoms with Gasteiger partial charge in [0.15, 0.2) is 5.78 Å². The number of H-pyrrole nitrogens is 1. The number of Topliss-reactive ketones (excluding diaryl/α,β-unsaturated/α-hetero) is 1. The number of hydrogen-bond donors (Lipinski definition) is 1. The first-order valence-electron chi connectivity index (χ1n) is 6.58. The Morgan fingerprint density at radius 2 is 2.22 bits per heavy atom. The van der Waals surface area contributed by atoms with Gasteiger partial charge in [-0.2, -0.15) is 0 Å². The van der Waals surface area contributed by atoms with E-state index in [0.29, 0.717) is 0 Å². The lowest BCUT2D eigenvalue weighted by molar-refractivity contribution is -0.118. The average Bonchev–Trinajstić information content (AvgIpc) is 2.80. The Bertz CT molecular complexity index is 507. The van der Waals surface area contributed by atoms with Gasteiger partial charge in [0.05, 0.1) is 5.92 Å². The Balaban J connectivity index is 2.40. The fourth-order valence-corrected chi connectivity index (χ4v) is 2.66. The summed E-state index contributed by atoms with van der Waals surface area (Å²) in [6, 6.07) is 4.13. The molecule has 2 nitrogen and oxygen atoms in total. The number of aryl methyl sites for hydroxylation is 1. The van der Waals surface area contributed by atoms with E-state index in [-0.39, 0.29) is 17.6 Å². The Labute approximate surface area is 109 Å². The van der Waals surface area contributed by atoms with Crippen LogP contribution in [0.5, 0.6) is 0 Å². The Morgan fingerprint density at radius 3 is 2.78 bits per heavy atom. The summed E-state index contributed by atoms with van der Waals surface area (Å²) in [5.74, 6) is 0.385. The molecule has 1 aliphatic carbocycles. The van der Waals surface area contributed by atoms with Gasteiger partial charge in [-0.25, -0.2) is 0 Å². The van der Waals surface area contributed by atoms with Crippen LogP contribution in [0.15, 0.2) is 35.9 Å². The molecule has 0 aliphatic heterocycles. The van der Waals surface area contributed by atoms with Crippen LogP contribution in [0.1, 0.15) is 44.5 Å². The molecular formula is C16H21NO. The lowest BCUT2D eigenvalue weighted by atomic mass is 9.74. The predicted octanol–water partition coefficient (Wildman–Crippen LogP) is 3.77. The van der Waals surface area contributed by atoms with E-state index in [1.165, 1.54) is 5.69 Å². The smallest absolute Gasteiger partial charge is 0.167 e. The molecule has 0 aromatic carbocycles. The van der Waals surface area contributed by atoms with Crippen molar-refractivity contribution in [3.8, 4) is 0 Å². The quantitative estimate of drug-likeness (QED) is 0.805. The molecule has 0 saturated heterocycles. The van der Waals surface area contributed by atoms with Crippen molar-refractivity contribution in [3.63, 3.8) is 0 Å². The van der Waals surface area contributed by atoms with Crippen molar-refractivity contribution in [2.75, 3.05) is 0 Å². The van der Waals surface area contributed by atoms with Crippen LogP contribution in [0.2, 0.25) is 0 Å². The normalized spacial score (nSPS) is 23.9. The van der Waals surface area contributed by atoms with Gasteiger partial charge in [-0.3, -0.25) is 4.79 Å². The molecule has 0 amide bonds. The largest absolute Gasteiger partial charge is 0.362 e. The highest BCUT2D eigenvalue weighted by molar-refractivity contribution is 6.01. The van der Waals surface area contributed by atoms with Crippen molar-refractivity contribution in [2.24, 2.45) is 5.92 Å². The van der Waals surface area contributed by atoms with E-state index >= 15 is 0 Å². The number of carbonyl (C=O) groups excluding carboxylic acids is 1. The third-order valence-electron chi connectivity index (χ3n) is 3.87. The summed E-state index contributed by atoms with van der Waals surface area (Å²) < 4.78 is 0. The van der Waals surface area contributed by atoms with Gasteiger partial charge >= 0.3 is 0 Å². The fraction of sp³-hybridized carbons (Fsp3) is 0.438. The highest BCUT2D eigenvalue weighted by Gasteiger charge is 2.34. The van der Waals surface area contributed by atoms with Crippen LogP contribution in [0.25, 0.3) is 0 Å². The maximum Gasteiger partial charge on any atom is 0.167 e. The maximum atomic E-state index is 12.4. The van der Waals surface area contributed by atoms with Crippen molar-refractivity contribution in [2.45, 2.75) is 39.5 Å². The van der Waals surface area contributed by atoms with E-state index in [1.807, 2.05) is 19.9 Å². The summed E-state index contributed by atoms with van der Waals surface area (Å²) in [5, 5.41) is 0. The van der Waals surface area contributed by atoms with Gasteiger partial charge in [0.2, 0.25) is 0 Å². The van der Waals surface area contributed by atoms with E-state index in [4.69, 9.17) is 0 Å². The van der Waals surface area contributed by atoms with Gasteiger partial charge in [-0.1, -0.05) is 25.2 Å². The van der Waals surface area contributed by atoms with Crippen LogP contribution >= 0.6 is 0 Å². The number of nitrogens with one attached hydrogen (secondary N) is 1. The summed E-state index contributed by atoms with van der Waals surface area (Å²) in [6.07, 6.45) is 3.92. The first-order chi connectivity index (χ1) is 8.54. The summed E-state index contributed by atoms with van der Waals surface area (Å²) in [4.78, 5) is 15.8. The third-order valence-corrected chi connectivity index (χ3v) is 3.87. The molecule has 0 fully saturated rings. The topological polar surface area (TPSA) is 32.9 Å². The molecule has 2 heteroatoms. The molecule has 0 radical (unpaired) electrons. The van der Waals surface area contributed by atoms with E-state index < -0.39 is 0 Å². The fourth-order valence-electron chi connectivity index (χ4n) is 2.66. The second-order valence-corrected chi connectivity index (χ2v) is 5.21. The molecule has 0 unspecified atom stereocenters. The number of hydrogen-bond acceptors (Lipinski definition) is 1. The number of allylic oxidation sites excluding steroid dienone is 3. The molecule has 18 heavy (non-hydrogen) atoms. The lowest BCUT2D eigenvalue weighted by Gasteiger charge is -2.29. The van der Waals surface area contributed by atoms with Gasteiger partial charge in [0.1, 0.15) is 0 Å². The molecule has 1 aromatic rings. The molecule has 1 N–H and O–H groups in total. The van der Waals surface area contributed by atoms with Crippen LogP contribution in [-0.2, 0) is 11.2 Å². The second-order valence-electron chi connectivity index (χ2n) is 5.21. The molecule has 2 rings (SSSR count). The minimum absolute atomic E-state index is 0.0761. The monoisotopic (exact) mass is 243 g/mol. The number of aromatic nitrogens is 1. The molecule has 96 valence electrons. The summed E-state index contributed by atoms with van der Waals surface area (Å²) in [6.45, 7) is 10.1. The molecular weight excluding hydrogens is 222 g/mol. The minimum atomic E-state index is -0.0761. The van der Waals surface area contributed by atoms with E-state index in [0.717, 1.165) is 29.7 Å². The van der Waals surface area contributed by atoms with Gasteiger partial charge in [-0.15, -0.1) is 0 Å². The van der Waals surface area contributed by atoms with Crippen molar-refractivity contribution in [1.29, 1.82) is 0 Å². The number of ketones is 1. The molecule has 0 bridgehead atoms. The molecule has 0 saturated carbocycles. The highest BCUT2D eigenvalue weighted by Crippen LogP contribution is 2.38. The first-order valence-corrected chi connectivity index (χ1v) is 6.58. The van der Waals surface area contributed by atoms with Gasteiger partial charge in [0, 0.05) is 11.4 Å². The van der Waals surface area contributed by atoms with Crippen molar-refractivity contribution < 1.29 is 4.79 Å². The van der Waals surface area contributed by atoms with Crippen LogP contribution < -0.4 is 0 Å². The second kappa shape index (κ2) is 4.97. The van der Waals surface area contributed by atoms with Crippen molar-refractivity contribution in [1.82, 2.24) is 4.98 Å². The van der Waals surface area contributed by atoms with Crippen molar-refractivity contribution in [3.05, 3.63) is 47.3 Å². The lowest BCUT2D eigenvalue weighted by Crippen LogP contribution is -2.27. The molecule has 1 aliphatic rings. The average molecular weight is 243 g/mol. The van der Waals surface area contributed by atoms with Crippen LogP contribution in [-0.4, -0.2) is 10.8 Å². The summed E-state index contributed by atoms with van der Waals surface area (Å²) in [7, 11) is 0. The number of aromatic amines is 1. The number of rotatable bonds is 3. The molecule has 2 atom stereocenters. The zero-order valence-electron chi connectivity index (χ0n) is 11.4. The Morgan fingerprint density at radius 1 is 1.50 bits per heavy atom. The Kier molecular flexibility index (Phi) is 3.55. The van der Waals surface area contributed by atoms with E-state index in [2.05, 4.69) is 30.6 Å². The van der Waals surface area contributed by atoms with Gasteiger partial charge in [0.25, 0.3) is 0 Å². The summed E-state index contributed by atoms with van der Waals surface area (Å²) in [5.41, 5.74) is 4.19. The molecule has 1 heterocycles. The van der Waals surface area contributed by atoms with E-state index in [1.54, 1.807) is 0 Å². The minimum Gasteiger partial charge on any atom is -0.362 e. The highest BCUT2D eigenvalue weighted by atomic mass is 16.1.